The molecule has 0 spiro atoms. The van der Waals surface area contributed by atoms with Crippen LogP contribution in [0.15, 0.2) is 36.3 Å². The van der Waals surface area contributed by atoms with Crippen LogP contribution in [0.25, 0.3) is 0 Å². The zero-order chi connectivity index (χ0) is 12.7. The Balaban J connectivity index is 2.40. The van der Waals surface area contributed by atoms with Gasteiger partial charge in [0, 0.05) is 32.3 Å². The molecule has 17 heavy (non-hydrogen) atoms. The third-order valence-corrected chi connectivity index (χ3v) is 2.74. The fraction of sp³-hybridized carbons (Fsp3) is 0.571. The molecule has 0 aromatic rings. The Labute approximate surface area is 105 Å². The maximum absolute atomic E-state index is 5.63. The number of nitrogens with one attached hydrogen (secondary N) is 1. The van der Waals surface area contributed by atoms with E-state index >= 15 is 0 Å². The van der Waals surface area contributed by atoms with E-state index < -0.39 is 0 Å². The second-order valence-electron chi connectivity index (χ2n) is 4.38. The molecule has 1 unspecified atom stereocenters. The van der Waals surface area contributed by atoms with Crippen LogP contribution in [0.4, 0.5) is 0 Å². The number of hydrogen-bond acceptors (Lipinski definition) is 3. The molecule has 1 aliphatic rings. The highest BCUT2D eigenvalue weighted by Crippen LogP contribution is 2.19. The Morgan fingerprint density at radius 1 is 1.65 bits per heavy atom. The van der Waals surface area contributed by atoms with E-state index in [2.05, 4.69) is 49.0 Å². The van der Waals surface area contributed by atoms with Gasteiger partial charge in [-0.25, -0.2) is 0 Å². The van der Waals surface area contributed by atoms with Crippen LogP contribution in [0.2, 0.25) is 0 Å². The van der Waals surface area contributed by atoms with Crippen LogP contribution in [-0.2, 0) is 4.74 Å². The Hall–Kier alpha value is -1.22. The first kappa shape index (κ1) is 13.8. The monoisotopic (exact) mass is 236 g/mol. The van der Waals surface area contributed by atoms with E-state index in [9.17, 15) is 0 Å². The SMILES string of the molecule is C=C(C)OC1C=CC=C(N(C)CCNCC)C1. The molecule has 3 nitrogen and oxygen atoms in total. The predicted octanol–water partition coefficient (Wildman–Crippen LogP) is 2.29. The Morgan fingerprint density at radius 3 is 3.06 bits per heavy atom. The molecule has 0 aliphatic heterocycles. The quantitative estimate of drug-likeness (QED) is 0.542. The lowest BCUT2D eigenvalue weighted by Crippen LogP contribution is -2.30. The van der Waals surface area contributed by atoms with Crippen LogP contribution in [-0.4, -0.2) is 37.7 Å². The lowest BCUT2D eigenvalue weighted by molar-refractivity contribution is 0.148. The molecule has 0 radical (unpaired) electrons. The van der Waals surface area contributed by atoms with Gasteiger partial charge in [-0.1, -0.05) is 19.6 Å². The minimum Gasteiger partial charge on any atom is -0.491 e. The first-order chi connectivity index (χ1) is 8.13. The summed E-state index contributed by atoms with van der Waals surface area (Å²) in [6.45, 7) is 10.9. The normalized spacial score (nSPS) is 18.8. The number of ether oxygens (including phenoxy) is 1. The first-order valence-electron chi connectivity index (χ1n) is 6.25. The molecule has 0 aromatic carbocycles. The summed E-state index contributed by atoms with van der Waals surface area (Å²) in [5.74, 6) is 0.774. The Bertz CT molecular complexity index is 307. The smallest absolute Gasteiger partial charge is 0.122 e. The summed E-state index contributed by atoms with van der Waals surface area (Å²) >= 11 is 0. The van der Waals surface area contributed by atoms with Gasteiger partial charge in [-0.15, -0.1) is 0 Å². The van der Waals surface area contributed by atoms with E-state index in [-0.39, 0.29) is 6.10 Å². The highest BCUT2D eigenvalue weighted by molar-refractivity contribution is 5.20. The second kappa shape index (κ2) is 7.17. The number of allylic oxidation sites excluding steroid dienone is 3. The maximum atomic E-state index is 5.63. The summed E-state index contributed by atoms with van der Waals surface area (Å²) in [6.07, 6.45) is 7.36. The fourth-order valence-corrected chi connectivity index (χ4v) is 1.82. The lowest BCUT2D eigenvalue weighted by Gasteiger charge is -2.27. The van der Waals surface area contributed by atoms with Crippen molar-refractivity contribution in [3.05, 3.63) is 36.3 Å². The van der Waals surface area contributed by atoms with E-state index in [0.29, 0.717) is 0 Å². The summed E-state index contributed by atoms with van der Waals surface area (Å²) in [5, 5.41) is 3.33. The van der Waals surface area contributed by atoms with E-state index in [1.807, 2.05) is 6.92 Å². The highest BCUT2D eigenvalue weighted by atomic mass is 16.5. The zero-order valence-corrected chi connectivity index (χ0v) is 11.2. The second-order valence-corrected chi connectivity index (χ2v) is 4.38. The zero-order valence-electron chi connectivity index (χ0n) is 11.2. The average molecular weight is 236 g/mol. The van der Waals surface area contributed by atoms with Gasteiger partial charge in [-0.05, 0) is 25.6 Å². The van der Waals surface area contributed by atoms with Crippen LogP contribution >= 0.6 is 0 Å². The van der Waals surface area contributed by atoms with Crippen LogP contribution in [0.5, 0.6) is 0 Å². The molecule has 96 valence electrons. The van der Waals surface area contributed by atoms with Crippen molar-refractivity contribution in [2.45, 2.75) is 26.4 Å². The Morgan fingerprint density at radius 2 is 2.41 bits per heavy atom. The van der Waals surface area contributed by atoms with Crippen molar-refractivity contribution in [1.82, 2.24) is 10.2 Å². The van der Waals surface area contributed by atoms with E-state index in [1.165, 1.54) is 5.70 Å². The number of likely N-dealkylation sites (N-methyl/N-ethyl adjacent to an activating group) is 2. The minimum absolute atomic E-state index is 0.133. The highest BCUT2D eigenvalue weighted by Gasteiger charge is 2.15. The van der Waals surface area contributed by atoms with Crippen molar-refractivity contribution in [3.8, 4) is 0 Å². The Kier molecular flexibility index (Phi) is 5.84. The van der Waals surface area contributed by atoms with Gasteiger partial charge in [0.25, 0.3) is 0 Å². The average Bonchev–Trinajstić information content (AvgIpc) is 2.28. The molecule has 1 atom stereocenters. The summed E-state index contributed by atoms with van der Waals surface area (Å²) in [6, 6.07) is 0. The molecule has 3 heteroatoms. The van der Waals surface area contributed by atoms with Crippen molar-refractivity contribution in [2.24, 2.45) is 0 Å². The van der Waals surface area contributed by atoms with Crippen molar-refractivity contribution < 1.29 is 4.74 Å². The van der Waals surface area contributed by atoms with Gasteiger partial charge >= 0.3 is 0 Å². The molecule has 1 rings (SSSR count). The standard InChI is InChI=1S/C14H24N2O/c1-5-15-9-10-16(4)13-7-6-8-14(11-13)17-12(2)3/h6-8,14-15H,2,5,9-11H2,1,3-4H3. The lowest BCUT2D eigenvalue weighted by atomic mass is 10.1. The molecule has 1 N–H and O–H groups in total. The number of nitrogens with zero attached hydrogens (tertiary/aromatic N) is 1. The van der Waals surface area contributed by atoms with Gasteiger partial charge in [0.15, 0.2) is 0 Å². The molecule has 0 amide bonds. The maximum Gasteiger partial charge on any atom is 0.122 e. The molecule has 0 saturated heterocycles. The van der Waals surface area contributed by atoms with Crippen molar-refractivity contribution in [3.63, 3.8) is 0 Å². The van der Waals surface area contributed by atoms with Gasteiger partial charge in [-0.2, -0.15) is 0 Å². The molecular formula is C14H24N2O. The van der Waals surface area contributed by atoms with Gasteiger partial charge in [0.2, 0.25) is 0 Å². The van der Waals surface area contributed by atoms with Crippen LogP contribution in [0.1, 0.15) is 20.3 Å². The summed E-state index contributed by atoms with van der Waals surface area (Å²) in [4.78, 5) is 2.28. The molecule has 0 saturated carbocycles. The summed E-state index contributed by atoms with van der Waals surface area (Å²) in [5.41, 5.74) is 1.32. The van der Waals surface area contributed by atoms with Crippen LogP contribution < -0.4 is 5.32 Å². The molecule has 1 aliphatic carbocycles. The molecule has 0 aromatic heterocycles. The van der Waals surface area contributed by atoms with Gasteiger partial charge < -0.3 is 15.0 Å². The van der Waals surface area contributed by atoms with Crippen LogP contribution in [0, 0.1) is 0 Å². The molecule has 0 fully saturated rings. The third-order valence-electron chi connectivity index (χ3n) is 2.74. The van der Waals surface area contributed by atoms with Gasteiger partial charge in [0.1, 0.15) is 6.10 Å². The molecule has 0 bridgehead atoms. The van der Waals surface area contributed by atoms with E-state index in [1.54, 1.807) is 0 Å². The number of hydrogen-bond donors (Lipinski definition) is 1. The van der Waals surface area contributed by atoms with Crippen LogP contribution in [0.3, 0.4) is 0 Å². The summed E-state index contributed by atoms with van der Waals surface area (Å²) in [7, 11) is 2.13. The third kappa shape index (κ3) is 5.09. The topological polar surface area (TPSA) is 24.5 Å². The van der Waals surface area contributed by atoms with Gasteiger partial charge in [0.05, 0.1) is 5.76 Å². The summed E-state index contributed by atoms with van der Waals surface area (Å²) < 4.78 is 5.63. The minimum atomic E-state index is 0.133. The van der Waals surface area contributed by atoms with Crippen molar-refractivity contribution in [2.75, 3.05) is 26.7 Å². The molecular weight excluding hydrogens is 212 g/mol. The first-order valence-corrected chi connectivity index (χ1v) is 6.25. The largest absolute Gasteiger partial charge is 0.491 e. The van der Waals surface area contributed by atoms with E-state index in [4.69, 9.17) is 4.74 Å². The predicted molar refractivity (Wildman–Crippen MR) is 72.7 cm³/mol. The van der Waals surface area contributed by atoms with Crippen molar-refractivity contribution in [1.29, 1.82) is 0 Å². The van der Waals surface area contributed by atoms with Gasteiger partial charge in [-0.3, -0.25) is 0 Å². The molecule has 0 heterocycles. The van der Waals surface area contributed by atoms with Crippen molar-refractivity contribution >= 4 is 0 Å². The number of rotatable bonds is 7. The fourth-order valence-electron chi connectivity index (χ4n) is 1.82. The van der Waals surface area contributed by atoms with E-state index in [0.717, 1.165) is 31.8 Å².